The van der Waals surface area contributed by atoms with E-state index in [1.165, 1.54) is 5.56 Å². The molecule has 0 N–H and O–H groups in total. The van der Waals surface area contributed by atoms with Crippen LogP contribution in [0.5, 0.6) is 0 Å². The lowest BCUT2D eigenvalue weighted by atomic mass is 10.2. The van der Waals surface area contributed by atoms with Crippen LogP contribution in [-0.2, 0) is 0 Å². The Hall–Kier alpha value is -1.97. The van der Waals surface area contributed by atoms with Crippen molar-refractivity contribution in [2.24, 2.45) is 10.2 Å². The lowest BCUT2D eigenvalue weighted by molar-refractivity contribution is 0.399. The van der Waals surface area contributed by atoms with Crippen molar-refractivity contribution in [2.45, 2.75) is 13.8 Å². The molecule has 0 bridgehead atoms. The summed E-state index contributed by atoms with van der Waals surface area (Å²) < 4.78 is 4.87. The van der Waals surface area contributed by atoms with Crippen LogP contribution >= 0.6 is 0 Å². The first-order valence-electron chi connectivity index (χ1n) is 4.66. The number of benzene rings is 1. The standard InChI is InChI=1S/C11H11N3O/c1-8-3-5-10(6-4-8)12-13-11-7-9(2)15-14-11/h3-7H,1-2H3. The predicted molar refractivity (Wildman–Crippen MR) is 56.6 cm³/mol. The first kappa shape index (κ1) is 9.58. The van der Waals surface area contributed by atoms with E-state index in [0.717, 1.165) is 11.4 Å². The van der Waals surface area contributed by atoms with Crippen molar-refractivity contribution in [1.29, 1.82) is 0 Å². The van der Waals surface area contributed by atoms with E-state index in [2.05, 4.69) is 15.4 Å². The molecule has 0 saturated carbocycles. The topological polar surface area (TPSA) is 50.8 Å². The van der Waals surface area contributed by atoms with Gasteiger partial charge in [0, 0.05) is 6.07 Å². The van der Waals surface area contributed by atoms with Gasteiger partial charge in [0.25, 0.3) is 0 Å². The zero-order valence-electron chi connectivity index (χ0n) is 8.64. The predicted octanol–water partition coefficient (Wildman–Crippen LogP) is 3.71. The van der Waals surface area contributed by atoms with Crippen LogP contribution in [0.25, 0.3) is 0 Å². The number of hydrogen-bond donors (Lipinski definition) is 0. The van der Waals surface area contributed by atoms with E-state index in [4.69, 9.17) is 4.52 Å². The molecule has 15 heavy (non-hydrogen) atoms. The molecule has 0 atom stereocenters. The molecule has 1 aromatic carbocycles. The molecule has 0 aliphatic rings. The normalized spacial score (nSPS) is 11.1. The lowest BCUT2D eigenvalue weighted by Gasteiger charge is -1.91. The monoisotopic (exact) mass is 201 g/mol. The van der Waals surface area contributed by atoms with Crippen LogP contribution < -0.4 is 0 Å². The zero-order chi connectivity index (χ0) is 10.7. The maximum absolute atomic E-state index is 4.87. The second-order valence-electron chi connectivity index (χ2n) is 3.33. The molecule has 0 spiro atoms. The number of nitrogens with zero attached hydrogens (tertiary/aromatic N) is 3. The minimum Gasteiger partial charge on any atom is -0.359 e. The number of hydrogen-bond acceptors (Lipinski definition) is 4. The van der Waals surface area contributed by atoms with Crippen LogP contribution in [0, 0.1) is 13.8 Å². The minimum absolute atomic E-state index is 0.494. The number of rotatable bonds is 2. The SMILES string of the molecule is Cc1ccc(N=Nc2cc(C)on2)cc1. The summed E-state index contributed by atoms with van der Waals surface area (Å²) >= 11 is 0. The maximum atomic E-state index is 4.87. The Bertz CT molecular complexity index is 471. The second-order valence-corrected chi connectivity index (χ2v) is 3.33. The van der Waals surface area contributed by atoms with E-state index in [1.807, 2.05) is 38.1 Å². The Morgan fingerprint density at radius 2 is 1.80 bits per heavy atom. The van der Waals surface area contributed by atoms with Gasteiger partial charge in [-0.1, -0.05) is 22.9 Å². The first-order valence-corrected chi connectivity index (χ1v) is 4.66. The third-order valence-corrected chi connectivity index (χ3v) is 1.92. The molecule has 0 amide bonds. The number of azo groups is 1. The molecule has 4 nitrogen and oxygen atoms in total. The molecule has 0 fully saturated rings. The molecule has 4 heteroatoms. The van der Waals surface area contributed by atoms with E-state index < -0.39 is 0 Å². The highest BCUT2D eigenvalue weighted by atomic mass is 16.5. The van der Waals surface area contributed by atoms with Crippen LogP contribution in [0.3, 0.4) is 0 Å². The van der Waals surface area contributed by atoms with Crippen LogP contribution in [0.1, 0.15) is 11.3 Å². The fourth-order valence-electron chi connectivity index (χ4n) is 1.12. The summed E-state index contributed by atoms with van der Waals surface area (Å²) in [6, 6.07) is 9.53. The van der Waals surface area contributed by atoms with Crippen molar-refractivity contribution in [3.05, 3.63) is 41.7 Å². The van der Waals surface area contributed by atoms with Gasteiger partial charge in [-0.15, -0.1) is 10.2 Å². The van der Waals surface area contributed by atoms with E-state index in [1.54, 1.807) is 6.07 Å². The molecule has 0 aliphatic heterocycles. The van der Waals surface area contributed by atoms with Crippen LogP contribution in [0.15, 0.2) is 45.1 Å². The number of aromatic nitrogens is 1. The van der Waals surface area contributed by atoms with Crippen LogP contribution in [0.4, 0.5) is 11.5 Å². The maximum Gasteiger partial charge on any atom is 0.216 e. The molecule has 2 rings (SSSR count). The fourth-order valence-corrected chi connectivity index (χ4v) is 1.12. The van der Waals surface area contributed by atoms with Gasteiger partial charge in [0.15, 0.2) is 0 Å². The molecule has 1 heterocycles. The average Bonchev–Trinajstić information content (AvgIpc) is 2.64. The summed E-state index contributed by atoms with van der Waals surface area (Å²) in [5.41, 5.74) is 2.01. The average molecular weight is 201 g/mol. The Morgan fingerprint density at radius 3 is 2.40 bits per heavy atom. The van der Waals surface area contributed by atoms with Crippen molar-refractivity contribution in [1.82, 2.24) is 5.16 Å². The van der Waals surface area contributed by atoms with E-state index in [-0.39, 0.29) is 0 Å². The van der Waals surface area contributed by atoms with E-state index in [0.29, 0.717) is 5.82 Å². The largest absolute Gasteiger partial charge is 0.359 e. The van der Waals surface area contributed by atoms with Gasteiger partial charge in [-0.3, -0.25) is 0 Å². The molecule has 76 valence electrons. The Kier molecular flexibility index (Phi) is 2.58. The summed E-state index contributed by atoms with van der Waals surface area (Å²) in [6.07, 6.45) is 0. The third kappa shape index (κ3) is 2.49. The van der Waals surface area contributed by atoms with Crippen molar-refractivity contribution in [3.63, 3.8) is 0 Å². The van der Waals surface area contributed by atoms with Crippen molar-refractivity contribution in [2.75, 3.05) is 0 Å². The van der Waals surface area contributed by atoms with Gasteiger partial charge in [0.1, 0.15) is 5.76 Å². The van der Waals surface area contributed by atoms with Gasteiger partial charge in [-0.25, -0.2) is 0 Å². The van der Waals surface area contributed by atoms with Gasteiger partial charge in [0.2, 0.25) is 5.82 Å². The highest BCUT2D eigenvalue weighted by Gasteiger charge is 1.96. The van der Waals surface area contributed by atoms with Gasteiger partial charge in [0.05, 0.1) is 5.69 Å². The van der Waals surface area contributed by atoms with Gasteiger partial charge in [-0.2, -0.15) is 0 Å². The molecular weight excluding hydrogens is 190 g/mol. The summed E-state index contributed by atoms with van der Waals surface area (Å²) in [4.78, 5) is 0. The van der Waals surface area contributed by atoms with Gasteiger partial charge >= 0.3 is 0 Å². The quantitative estimate of drug-likeness (QED) is 0.695. The molecule has 0 saturated heterocycles. The highest BCUT2D eigenvalue weighted by Crippen LogP contribution is 2.17. The number of aryl methyl sites for hydroxylation is 2. The molecule has 0 unspecified atom stereocenters. The highest BCUT2D eigenvalue weighted by molar-refractivity contribution is 5.38. The zero-order valence-corrected chi connectivity index (χ0v) is 8.64. The fraction of sp³-hybridized carbons (Fsp3) is 0.182. The van der Waals surface area contributed by atoms with Crippen molar-refractivity contribution < 1.29 is 4.52 Å². The summed E-state index contributed by atoms with van der Waals surface area (Å²) in [5, 5.41) is 11.7. The Morgan fingerprint density at radius 1 is 1.07 bits per heavy atom. The Balaban J connectivity index is 2.14. The molecule has 0 aliphatic carbocycles. The summed E-state index contributed by atoms with van der Waals surface area (Å²) in [5.74, 6) is 1.22. The molecule has 0 radical (unpaired) electrons. The Labute approximate surface area is 87.6 Å². The second kappa shape index (κ2) is 4.04. The lowest BCUT2D eigenvalue weighted by Crippen LogP contribution is -1.68. The van der Waals surface area contributed by atoms with Crippen molar-refractivity contribution in [3.8, 4) is 0 Å². The minimum atomic E-state index is 0.494. The summed E-state index contributed by atoms with van der Waals surface area (Å²) in [6.45, 7) is 3.85. The summed E-state index contributed by atoms with van der Waals surface area (Å²) in [7, 11) is 0. The molecule has 2 aromatic rings. The van der Waals surface area contributed by atoms with E-state index in [9.17, 15) is 0 Å². The van der Waals surface area contributed by atoms with Gasteiger partial charge < -0.3 is 4.52 Å². The smallest absolute Gasteiger partial charge is 0.216 e. The van der Waals surface area contributed by atoms with Crippen LogP contribution in [-0.4, -0.2) is 5.16 Å². The molecule has 1 aromatic heterocycles. The first-order chi connectivity index (χ1) is 7.24. The van der Waals surface area contributed by atoms with Crippen molar-refractivity contribution >= 4 is 11.5 Å². The molecular formula is C11H11N3O. The van der Waals surface area contributed by atoms with Gasteiger partial charge in [-0.05, 0) is 26.0 Å². The van der Waals surface area contributed by atoms with Crippen LogP contribution in [0.2, 0.25) is 0 Å². The van der Waals surface area contributed by atoms with E-state index >= 15 is 0 Å². The third-order valence-electron chi connectivity index (χ3n) is 1.92.